The van der Waals surface area contributed by atoms with Crippen LogP contribution in [0.5, 0.6) is 0 Å². The number of hydrogen-bond donors (Lipinski definition) is 1. The second-order valence-electron chi connectivity index (χ2n) is 7.12. The van der Waals surface area contributed by atoms with Crippen LogP contribution in [0.15, 0.2) is 30.3 Å². The van der Waals surface area contributed by atoms with Crippen LogP contribution in [0.4, 0.5) is 0 Å². The van der Waals surface area contributed by atoms with Gasteiger partial charge in [0.15, 0.2) is 0 Å². The average Bonchev–Trinajstić information content (AvgIpc) is 3.11. The van der Waals surface area contributed by atoms with E-state index in [1.165, 1.54) is 0 Å². The Morgan fingerprint density at radius 2 is 1.93 bits per heavy atom. The summed E-state index contributed by atoms with van der Waals surface area (Å²) in [6.45, 7) is 11.1. The third-order valence-electron chi connectivity index (χ3n) is 5.15. The molecule has 0 saturated carbocycles. The molecule has 0 aromatic heterocycles. The van der Waals surface area contributed by atoms with Crippen molar-refractivity contribution in [3.63, 3.8) is 0 Å². The van der Waals surface area contributed by atoms with Crippen LogP contribution in [0.3, 0.4) is 0 Å². The van der Waals surface area contributed by atoms with E-state index in [0.717, 1.165) is 38.0 Å². The van der Waals surface area contributed by atoms with E-state index in [-0.39, 0.29) is 23.2 Å². The van der Waals surface area contributed by atoms with Crippen molar-refractivity contribution in [2.45, 2.75) is 58.0 Å². The predicted octanol–water partition coefficient (Wildman–Crippen LogP) is 3.28. The quantitative estimate of drug-likeness (QED) is 0.702. The Labute approximate surface area is 167 Å². The first-order valence-corrected chi connectivity index (χ1v) is 11.0. The molecule has 2 amide bonds. The summed E-state index contributed by atoms with van der Waals surface area (Å²) in [5, 5.41) is 3.04. The number of nitrogens with one attached hydrogen (secondary N) is 1. The van der Waals surface area contributed by atoms with Gasteiger partial charge in [-0.2, -0.15) is 0 Å². The summed E-state index contributed by atoms with van der Waals surface area (Å²) in [4.78, 5) is 29.2. The molecule has 5 nitrogen and oxygen atoms in total. The van der Waals surface area contributed by atoms with Crippen LogP contribution in [0.2, 0.25) is 0 Å². The number of nitrogens with zero attached hydrogens (tertiary/aromatic N) is 2. The van der Waals surface area contributed by atoms with Gasteiger partial charge in [0, 0.05) is 18.7 Å². The van der Waals surface area contributed by atoms with E-state index in [2.05, 4.69) is 31.0 Å². The average molecular weight is 392 g/mol. The van der Waals surface area contributed by atoms with E-state index in [4.69, 9.17) is 0 Å². The fourth-order valence-electron chi connectivity index (χ4n) is 3.54. The second kappa shape index (κ2) is 10.7. The lowest BCUT2D eigenvalue weighted by Crippen LogP contribution is -2.49. The van der Waals surface area contributed by atoms with Crippen molar-refractivity contribution in [2.75, 3.05) is 25.4 Å². The van der Waals surface area contributed by atoms with Crippen LogP contribution in [0.1, 0.15) is 51.5 Å². The molecule has 0 spiro atoms. The Morgan fingerprint density at radius 3 is 2.52 bits per heavy atom. The number of hydrogen-bond acceptors (Lipinski definition) is 4. The molecule has 0 radical (unpaired) electrons. The van der Waals surface area contributed by atoms with Gasteiger partial charge in [-0.25, -0.2) is 0 Å². The van der Waals surface area contributed by atoms with Crippen LogP contribution in [0.25, 0.3) is 0 Å². The number of benzene rings is 1. The van der Waals surface area contributed by atoms with Crippen molar-refractivity contribution in [1.82, 2.24) is 15.1 Å². The van der Waals surface area contributed by atoms with Gasteiger partial charge in [-0.1, -0.05) is 44.2 Å². The van der Waals surface area contributed by atoms with Crippen molar-refractivity contribution in [3.05, 3.63) is 35.9 Å². The lowest BCUT2D eigenvalue weighted by atomic mass is 10.1. The minimum Gasteiger partial charge on any atom is -0.352 e. The molecule has 150 valence electrons. The first-order valence-electron chi connectivity index (χ1n) is 9.96. The fraction of sp³-hybridized carbons (Fsp3) is 0.619. The lowest BCUT2D eigenvalue weighted by molar-refractivity contribution is -0.138. The molecule has 0 aliphatic carbocycles. The van der Waals surface area contributed by atoms with Gasteiger partial charge in [-0.05, 0) is 45.0 Å². The van der Waals surface area contributed by atoms with Gasteiger partial charge in [-0.3, -0.25) is 9.59 Å². The molecule has 3 atom stereocenters. The highest BCUT2D eigenvalue weighted by atomic mass is 32.2. The molecular formula is C21H33N3O2S. The first kappa shape index (κ1) is 21.8. The van der Waals surface area contributed by atoms with Crippen LogP contribution in [-0.4, -0.2) is 59.1 Å². The van der Waals surface area contributed by atoms with E-state index in [1.54, 1.807) is 23.6 Å². The highest BCUT2D eigenvalue weighted by Gasteiger charge is 2.40. The Kier molecular flexibility index (Phi) is 8.64. The number of carbonyl (C=O) groups is 2. The van der Waals surface area contributed by atoms with E-state index in [0.29, 0.717) is 5.75 Å². The highest BCUT2D eigenvalue weighted by Crippen LogP contribution is 2.41. The van der Waals surface area contributed by atoms with Gasteiger partial charge in [0.25, 0.3) is 0 Å². The van der Waals surface area contributed by atoms with Crippen LogP contribution >= 0.6 is 11.8 Å². The maximum absolute atomic E-state index is 12.8. The predicted molar refractivity (Wildman–Crippen MR) is 113 cm³/mol. The molecule has 2 rings (SSSR count). The summed E-state index contributed by atoms with van der Waals surface area (Å²) in [7, 11) is 0. The normalized spacial score (nSPS) is 20.7. The Hall–Kier alpha value is -1.53. The Balaban J connectivity index is 1.92. The monoisotopic (exact) mass is 391 g/mol. The molecule has 1 aromatic rings. The summed E-state index contributed by atoms with van der Waals surface area (Å²) in [6, 6.07) is 9.66. The van der Waals surface area contributed by atoms with Crippen molar-refractivity contribution < 1.29 is 9.59 Å². The molecule has 1 aliphatic heterocycles. The molecule has 0 bridgehead atoms. The largest absolute Gasteiger partial charge is 0.352 e. The molecule has 27 heavy (non-hydrogen) atoms. The van der Waals surface area contributed by atoms with E-state index >= 15 is 0 Å². The number of thioether (sulfide) groups is 1. The maximum atomic E-state index is 12.8. The van der Waals surface area contributed by atoms with Crippen molar-refractivity contribution >= 4 is 23.6 Å². The summed E-state index contributed by atoms with van der Waals surface area (Å²) in [5.74, 6) is 0.548. The molecule has 1 N–H and O–H groups in total. The van der Waals surface area contributed by atoms with Gasteiger partial charge in [0.2, 0.25) is 11.8 Å². The SMILES string of the molecule is CCN(CC)CCC[C@@H](C)NC(=O)[C@H]1CS[C@H](c2ccccc2)N1C(C)=O. The Morgan fingerprint density at radius 1 is 1.26 bits per heavy atom. The van der Waals surface area contributed by atoms with Crippen LogP contribution < -0.4 is 5.32 Å². The molecule has 0 unspecified atom stereocenters. The van der Waals surface area contributed by atoms with E-state index in [1.807, 2.05) is 30.3 Å². The van der Waals surface area contributed by atoms with Crippen LogP contribution in [0, 0.1) is 0 Å². The zero-order chi connectivity index (χ0) is 19.8. The summed E-state index contributed by atoms with van der Waals surface area (Å²) >= 11 is 1.66. The zero-order valence-corrected chi connectivity index (χ0v) is 17.8. The smallest absolute Gasteiger partial charge is 0.243 e. The van der Waals surface area contributed by atoms with Crippen molar-refractivity contribution in [3.8, 4) is 0 Å². The maximum Gasteiger partial charge on any atom is 0.243 e. The number of amides is 2. The van der Waals surface area contributed by atoms with Gasteiger partial charge < -0.3 is 15.1 Å². The third kappa shape index (κ3) is 5.98. The third-order valence-corrected chi connectivity index (χ3v) is 6.47. The molecule has 1 heterocycles. The molecule has 1 aliphatic rings. The van der Waals surface area contributed by atoms with Gasteiger partial charge >= 0.3 is 0 Å². The first-order chi connectivity index (χ1) is 13.0. The van der Waals surface area contributed by atoms with Gasteiger partial charge in [0.05, 0.1) is 0 Å². The highest BCUT2D eigenvalue weighted by molar-refractivity contribution is 7.99. The van der Waals surface area contributed by atoms with Crippen molar-refractivity contribution in [2.24, 2.45) is 0 Å². The topological polar surface area (TPSA) is 52.7 Å². The standard InChI is InChI=1S/C21H33N3O2S/c1-5-23(6-2)14-10-11-16(3)22-20(26)19-15-27-21(24(19)17(4)25)18-12-8-7-9-13-18/h7-9,12-13,16,19,21H,5-6,10-11,14-15H2,1-4H3,(H,22,26)/t16-,19-,21-/m1/s1. The number of carbonyl (C=O) groups excluding carboxylic acids is 2. The summed E-state index contributed by atoms with van der Waals surface area (Å²) < 4.78 is 0. The lowest BCUT2D eigenvalue weighted by Gasteiger charge is -2.29. The molecule has 1 aromatic carbocycles. The van der Waals surface area contributed by atoms with Crippen molar-refractivity contribution in [1.29, 1.82) is 0 Å². The Bertz CT molecular complexity index is 607. The fourth-order valence-corrected chi connectivity index (χ4v) is 5.02. The molecule has 6 heteroatoms. The number of rotatable bonds is 9. The zero-order valence-electron chi connectivity index (χ0n) is 17.0. The molecule has 1 saturated heterocycles. The van der Waals surface area contributed by atoms with E-state index < -0.39 is 6.04 Å². The van der Waals surface area contributed by atoms with Gasteiger partial charge in [-0.15, -0.1) is 11.8 Å². The minimum atomic E-state index is -0.400. The molecule has 1 fully saturated rings. The van der Waals surface area contributed by atoms with E-state index in [9.17, 15) is 9.59 Å². The van der Waals surface area contributed by atoms with Gasteiger partial charge in [0.1, 0.15) is 11.4 Å². The minimum absolute atomic E-state index is 0.0357. The molecular weight excluding hydrogens is 358 g/mol. The van der Waals surface area contributed by atoms with Crippen LogP contribution in [-0.2, 0) is 9.59 Å². The summed E-state index contributed by atoms with van der Waals surface area (Å²) in [5.41, 5.74) is 1.07. The second-order valence-corrected chi connectivity index (χ2v) is 8.23. The summed E-state index contributed by atoms with van der Waals surface area (Å²) in [6.07, 6.45) is 2.01.